The highest BCUT2D eigenvalue weighted by Gasteiger charge is 2.35. The van der Waals surface area contributed by atoms with Gasteiger partial charge in [0.05, 0.1) is 6.54 Å². The molecule has 2 aromatic rings. The van der Waals surface area contributed by atoms with Crippen molar-refractivity contribution in [3.63, 3.8) is 0 Å². The maximum Gasteiger partial charge on any atom is 0.253 e. The Hall–Kier alpha value is -2.66. The molecule has 158 valence electrons. The Balaban J connectivity index is 1.33. The van der Waals surface area contributed by atoms with Crippen molar-refractivity contribution in [2.75, 3.05) is 32.7 Å². The van der Waals surface area contributed by atoms with Crippen LogP contribution < -0.4 is 0 Å². The van der Waals surface area contributed by atoms with Gasteiger partial charge in [0, 0.05) is 44.3 Å². The number of carbonyl (C=O) groups excluding carboxylic acids is 2. The van der Waals surface area contributed by atoms with Gasteiger partial charge in [-0.2, -0.15) is 0 Å². The Labute approximate surface area is 179 Å². The molecule has 0 radical (unpaired) electrons. The minimum atomic E-state index is 0.0784. The van der Waals surface area contributed by atoms with Crippen LogP contribution >= 0.6 is 0 Å². The first-order valence-corrected chi connectivity index (χ1v) is 11.0. The molecule has 5 heteroatoms. The molecule has 2 aromatic carbocycles. The topological polar surface area (TPSA) is 43.9 Å². The molecule has 0 N–H and O–H groups in total. The van der Waals surface area contributed by atoms with Crippen molar-refractivity contribution in [3.8, 4) is 0 Å². The van der Waals surface area contributed by atoms with Crippen LogP contribution in [0.4, 0.5) is 0 Å². The number of amides is 2. The SMILES string of the molecule is C[C@@H](C1CC1)N(Cc1ccccc1)C(=O)CN1CCN(C(=O)c2ccccc2)CC1. The molecule has 1 heterocycles. The van der Waals surface area contributed by atoms with Crippen molar-refractivity contribution in [2.24, 2.45) is 5.92 Å². The van der Waals surface area contributed by atoms with Gasteiger partial charge in [0.25, 0.3) is 5.91 Å². The van der Waals surface area contributed by atoms with Gasteiger partial charge in [-0.25, -0.2) is 0 Å². The number of carbonyl (C=O) groups is 2. The fraction of sp³-hybridized carbons (Fsp3) is 0.440. The summed E-state index contributed by atoms with van der Waals surface area (Å²) >= 11 is 0. The van der Waals surface area contributed by atoms with E-state index in [-0.39, 0.29) is 17.9 Å². The fourth-order valence-corrected chi connectivity index (χ4v) is 4.23. The lowest BCUT2D eigenvalue weighted by Gasteiger charge is -2.36. The molecule has 1 atom stereocenters. The van der Waals surface area contributed by atoms with Gasteiger partial charge in [0.1, 0.15) is 0 Å². The smallest absolute Gasteiger partial charge is 0.253 e. The summed E-state index contributed by atoms with van der Waals surface area (Å²) in [5, 5.41) is 0. The molecule has 0 spiro atoms. The summed E-state index contributed by atoms with van der Waals surface area (Å²) in [6.07, 6.45) is 2.44. The fourth-order valence-electron chi connectivity index (χ4n) is 4.23. The van der Waals surface area contributed by atoms with Crippen LogP contribution in [0.25, 0.3) is 0 Å². The average Bonchev–Trinajstić information content (AvgIpc) is 3.64. The van der Waals surface area contributed by atoms with Crippen molar-refractivity contribution in [2.45, 2.75) is 32.4 Å². The number of hydrogen-bond donors (Lipinski definition) is 0. The van der Waals surface area contributed by atoms with E-state index < -0.39 is 0 Å². The monoisotopic (exact) mass is 405 g/mol. The lowest BCUT2D eigenvalue weighted by atomic mass is 10.1. The van der Waals surface area contributed by atoms with Crippen LogP contribution in [0.3, 0.4) is 0 Å². The van der Waals surface area contributed by atoms with E-state index in [4.69, 9.17) is 0 Å². The van der Waals surface area contributed by atoms with Crippen LogP contribution in [0.2, 0.25) is 0 Å². The molecule has 5 nitrogen and oxygen atoms in total. The third-order valence-electron chi connectivity index (χ3n) is 6.35. The normalized spacial score (nSPS) is 18.1. The van der Waals surface area contributed by atoms with Gasteiger partial charge >= 0.3 is 0 Å². The second-order valence-electron chi connectivity index (χ2n) is 8.52. The average molecular weight is 406 g/mol. The first-order chi connectivity index (χ1) is 14.6. The zero-order chi connectivity index (χ0) is 20.9. The van der Waals surface area contributed by atoms with Crippen LogP contribution in [0, 0.1) is 5.92 Å². The summed E-state index contributed by atoms with van der Waals surface area (Å²) in [4.78, 5) is 32.0. The Morgan fingerprint density at radius 2 is 1.53 bits per heavy atom. The number of nitrogens with zero attached hydrogens (tertiary/aromatic N) is 3. The lowest BCUT2D eigenvalue weighted by Crippen LogP contribution is -2.52. The number of rotatable bonds is 7. The van der Waals surface area contributed by atoms with Crippen LogP contribution in [-0.4, -0.2) is 65.3 Å². The third kappa shape index (κ3) is 5.08. The second kappa shape index (κ2) is 9.43. The molecule has 1 aliphatic carbocycles. The second-order valence-corrected chi connectivity index (χ2v) is 8.52. The Morgan fingerprint density at radius 1 is 0.933 bits per heavy atom. The predicted octanol–water partition coefficient (Wildman–Crippen LogP) is 3.27. The largest absolute Gasteiger partial charge is 0.336 e. The van der Waals surface area contributed by atoms with Crippen LogP contribution in [0.15, 0.2) is 60.7 Å². The minimum absolute atomic E-state index is 0.0784. The van der Waals surface area contributed by atoms with E-state index in [2.05, 4.69) is 28.9 Å². The van der Waals surface area contributed by atoms with Gasteiger partial charge in [-0.3, -0.25) is 14.5 Å². The molecule has 1 saturated heterocycles. The van der Waals surface area contributed by atoms with E-state index in [0.717, 1.165) is 18.7 Å². The van der Waals surface area contributed by atoms with Gasteiger partial charge in [-0.05, 0) is 43.4 Å². The summed E-state index contributed by atoms with van der Waals surface area (Å²) in [6, 6.07) is 20.0. The molecule has 2 amide bonds. The molecule has 1 saturated carbocycles. The van der Waals surface area contributed by atoms with Gasteiger partial charge in [-0.15, -0.1) is 0 Å². The van der Waals surface area contributed by atoms with Crippen LogP contribution in [0.1, 0.15) is 35.7 Å². The maximum atomic E-state index is 13.2. The van der Waals surface area contributed by atoms with Gasteiger partial charge in [0.15, 0.2) is 0 Å². The first-order valence-electron chi connectivity index (χ1n) is 11.0. The van der Waals surface area contributed by atoms with Crippen molar-refractivity contribution in [3.05, 3.63) is 71.8 Å². The van der Waals surface area contributed by atoms with Crippen molar-refractivity contribution >= 4 is 11.8 Å². The molecule has 0 bridgehead atoms. The molecular formula is C25H31N3O2. The number of benzene rings is 2. The number of piperazine rings is 1. The van der Waals surface area contributed by atoms with Crippen molar-refractivity contribution < 1.29 is 9.59 Å². The van der Waals surface area contributed by atoms with Gasteiger partial charge < -0.3 is 9.80 Å². The van der Waals surface area contributed by atoms with Gasteiger partial charge in [0.2, 0.25) is 5.91 Å². The van der Waals surface area contributed by atoms with Crippen LogP contribution in [0.5, 0.6) is 0 Å². The van der Waals surface area contributed by atoms with E-state index in [1.54, 1.807) is 0 Å². The molecule has 4 rings (SSSR count). The molecular weight excluding hydrogens is 374 g/mol. The van der Waals surface area contributed by atoms with E-state index in [0.29, 0.717) is 32.1 Å². The van der Waals surface area contributed by atoms with E-state index in [1.807, 2.05) is 53.4 Å². The molecule has 30 heavy (non-hydrogen) atoms. The highest BCUT2D eigenvalue weighted by atomic mass is 16.2. The molecule has 1 aliphatic heterocycles. The zero-order valence-corrected chi connectivity index (χ0v) is 17.7. The summed E-state index contributed by atoms with van der Waals surface area (Å²) in [5.41, 5.74) is 1.91. The number of hydrogen-bond acceptors (Lipinski definition) is 3. The molecule has 2 fully saturated rings. The zero-order valence-electron chi connectivity index (χ0n) is 17.7. The van der Waals surface area contributed by atoms with E-state index in [1.165, 1.54) is 18.4 Å². The highest BCUT2D eigenvalue weighted by Crippen LogP contribution is 2.35. The summed E-state index contributed by atoms with van der Waals surface area (Å²) in [7, 11) is 0. The summed E-state index contributed by atoms with van der Waals surface area (Å²) < 4.78 is 0. The third-order valence-corrected chi connectivity index (χ3v) is 6.35. The highest BCUT2D eigenvalue weighted by molar-refractivity contribution is 5.94. The lowest BCUT2D eigenvalue weighted by molar-refractivity contribution is -0.136. The Bertz CT molecular complexity index is 843. The van der Waals surface area contributed by atoms with E-state index >= 15 is 0 Å². The van der Waals surface area contributed by atoms with Crippen molar-refractivity contribution in [1.29, 1.82) is 0 Å². The standard InChI is InChI=1S/C25H31N3O2/c1-20(22-12-13-22)28(18-21-8-4-2-5-9-21)24(29)19-26-14-16-27(17-15-26)25(30)23-10-6-3-7-11-23/h2-11,20,22H,12-19H2,1H3/t20-/m0/s1. The Morgan fingerprint density at radius 3 is 2.13 bits per heavy atom. The maximum absolute atomic E-state index is 13.2. The quantitative estimate of drug-likeness (QED) is 0.710. The minimum Gasteiger partial charge on any atom is -0.336 e. The van der Waals surface area contributed by atoms with Crippen molar-refractivity contribution in [1.82, 2.24) is 14.7 Å². The predicted molar refractivity (Wildman–Crippen MR) is 118 cm³/mol. The first kappa shape index (κ1) is 20.6. The van der Waals surface area contributed by atoms with Gasteiger partial charge in [-0.1, -0.05) is 48.5 Å². The molecule has 0 unspecified atom stereocenters. The van der Waals surface area contributed by atoms with E-state index in [9.17, 15) is 9.59 Å². The van der Waals surface area contributed by atoms with Crippen LogP contribution in [-0.2, 0) is 11.3 Å². The molecule has 2 aliphatic rings. The molecule has 0 aromatic heterocycles. The summed E-state index contributed by atoms with van der Waals surface area (Å²) in [6.45, 7) is 6.09. The Kier molecular flexibility index (Phi) is 6.48. The summed E-state index contributed by atoms with van der Waals surface area (Å²) in [5.74, 6) is 0.911.